The summed E-state index contributed by atoms with van der Waals surface area (Å²) in [6.45, 7) is 3.11. The van der Waals surface area contributed by atoms with Crippen molar-refractivity contribution in [2.24, 2.45) is 0 Å². The molecule has 1 aromatic rings. The van der Waals surface area contributed by atoms with Crippen LogP contribution in [0.5, 0.6) is 0 Å². The molecular weight excluding hydrogens is 332 g/mol. The molecule has 3 atom stereocenters. The van der Waals surface area contributed by atoms with Crippen LogP contribution in [-0.2, 0) is 23.7 Å². The summed E-state index contributed by atoms with van der Waals surface area (Å²) >= 11 is 3.56. The van der Waals surface area contributed by atoms with Crippen molar-refractivity contribution in [3.05, 3.63) is 29.8 Å². The second-order valence-corrected chi connectivity index (χ2v) is 8.62. The van der Waals surface area contributed by atoms with Crippen molar-refractivity contribution in [2.45, 2.75) is 40.3 Å². The van der Waals surface area contributed by atoms with E-state index in [4.69, 9.17) is 4.74 Å². The van der Waals surface area contributed by atoms with Crippen LogP contribution in [-0.4, -0.2) is 25.2 Å². The van der Waals surface area contributed by atoms with Gasteiger partial charge in [-0.05, 0) is 18.6 Å². The lowest BCUT2D eigenvalue weighted by Gasteiger charge is -2.54. The zero-order valence-electron chi connectivity index (χ0n) is 10.5. The molecule has 1 saturated carbocycles. The summed E-state index contributed by atoms with van der Waals surface area (Å²) in [5, 5.41) is -0.568. The number of esters is 1. The van der Waals surface area contributed by atoms with E-state index in [1.54, 1.807) is 31.2 Å². The Kier molecular flexibility index (Phi) is 2.49. The number of fused-ring (bicyclic) bond motifs is 3. The third-order valence-electron chi connectivity index (χ3n) is 4.12. The van der Waals surface area contributed by atoms with Crippen LogP contribution in [0.15, 0.2) is 29.2 Å². The zero-order chi connectivity index (χ0) is 14.1. The van der Waals surface area contributed by atoms with Crippen molar-refractivity contribution in [1.29, 1.82) is 0 Å². The number of hydrogen-bond donors (Lipinski definition) is 0. The van der Waals surface area contributed by atoms with Crippen LogP contribution in [0, 0.1) is 0 Å². The van der Waals surface area contributed by atoms with E-state index in [0.29, 0.717) is 16.9 Å². The summed E-state index contributed by atoms with van der Waals surface area (Å²) in [4.78, 5) is 11.6. The normalized spacial score (nSPS) is 37.9. The Morgan fingerprint density at radius 1 is 1.42 bits per heavy atom. The van der Waals surface area contributed by atoms with Crippen LogP contribution in [0.2, 0.25) is 0 Å². The number of rotatable bonds is 1. The number of sulfone groups is 1. The van der Waals surface area contributed by atoms with Crippen molar-refractivity contribution >= 4 is 31.7 Å². The molecule has 2 aliphatic rings. The summed E-state index contributed by atoms with van der Waals surface area (Å²) in [5.41, 5.74) is -0.140. The van der Waals surface area contributed by atoms with Gasteiger partial charge < -0.3 is 4.74 Å². The van der Waals surface area contributed by atoms with Gasteiger partial charge in [0.1, 0.15) is 9.93 Å². The van der Waals surface area contributed by atoms with Gasteiger partial charge in [-0.1, -0.05) is 34.1 Å². The number of carbonyl (C=O) groups excluding carboxylic acids is 1. The summed E-state index contributed by atoms with van der Waals surface area (Å²) in [5.74, 6) is -0.401. The van der Waals surface area contributed by atoms with Gasteiger partial charge in [0.25, 0.3) is 0 Å². The maximum atomic E-state index is 12.5. The molecule has 0 saturated heterocycles. The highest BCUT2D eigenvalue weighted by Gasteiger charge is 2.74. The third-order valence-corrected chi connectivity index (χ3v) is 8.48. The summed E-state index contributed by atoms with van der Waals surface area (Å²) in [7, 11) is -3.35. The molecular formula is C13H13BrO4S. The quantitative estimate of drug-likeness (QED) is 0.578. The molecule has 4 nitrogen and oxygen atoms in total. The molecule has 1 heterocycles. The highest BCUT2D eigenvalue weighted by Crippen LogP contribution is 2.66. The molecule has 0 unspecified atom stereocenters. The molecule has 3 rings (SSSR count). The minimum atomic E-state index is -3.35. The molecule has 0 radical (unpaired) electrons. The molecule has 1 aliphatic carbocycles. The molecule has 19 heavy (non-hydrogen) atoms. The molecule has 102 valence electrons. The van der Waals surface area contributed by atoms with Crippen LogP contribution >= 0.6 is 15.9 Å². The minimum absolute atomic E-state index is 0.314. The monoisotopic (exact) mass is 344 g/mol. The van der Waals surface area contributed by atoms with Crippen LogP contribution in [0.4, 0.5) is 0 Å². The first-order valence-electron chi connectivity index (χ1n) is 5.95. The molecule has 1 aromatic carbocycles. The summed E-state index contributed by atoms with van der Waals surface area (Å²) in [6, 6.07) is 6.90. The van der Waals surface area contributed by atoms with Crippen LogP contribution < -0.4 is 0 Å². The molecule has 0 N–H and O–H groups in total. The number of hydrogen-bond acceptors (Lipinski definition) is 4. The minimum Gasteiger partial charge on any atom is -0.458 e. The fourth-order valence-electron chi connectivity index (χ4n) is 3.24. The maximum Gasteiger partial charge on any atom is 0.303 e. The van der Waals surface area contributed by atoms with Gasteiger partial charge in [-0.25, -0.2) is 8.42 Å². The maximum absolute atomic E-state index is 12.5. The fourth-order valence-corrected chi connectivity index (χ4v) is 7.31. The molecule has 0 bridgehead atoms. The van der Waals surface area contributed by atoms with E-state index in [1.807, 2.05) is 0 Å². The molecule has 0 aromatic heterocycles. The Bertz CT molecular complexity index is 684. The van der Waals surface area contributed by atoms with Gasteiger partial charge in [-0.3, -0.25) is 4.79 Å². The van der Waals surface area contributed by atoms with Crippen LogP contribution in [0.1, 0.15) is 25.8 Å². The van der Waals surface area contributed by atoms with Crippen molar-refractivity contribution in [2.75, 3.05) is 0 Å². The van der Waals surface area contributed by atoms with Crippen LogP contribution in [0.3, 0.4) is 0 Å². The van der Waals surface area contributed by atoms with Crippen molar-refractivity contribution in [3.8, 4) is 0 Å². The Morgan fingerprint density at radius 2 is 2.05 bits per heavy atom. The Morgan fingerprint density at radius 3 is 2.68 bits per heavy atom. The molecule has 1 aliphatic heterocycles. The fraction of sp³-hybridized carbons (Fsp3) is 0.462. The number of alkyl halides is 1. The SMILES string of the molecule is CC(=O)O[C@]1(C)C[C@@H]2[C@]1(Br)c1ccccc1S2(=O)=O. The number of benzene rings is 1. The van der Waals surface area contributed by atoms with Gasteiger partial charge in [0.2, 0.25) is 0 Å². The van der Waals surface area contributed by atoms with Crippen molar-refractivity contribution in [1.82, 2.24) is 0 Å². The highest BCUT2D eigenvalue weighted by molar-refractivity contribution is 9.09. The third kappa shape index (κ3) is 1.39. The van der Waals surface area contributed by atoms with E-state index in [9.17, 15) is 13.2 Å². The Balaban J connectivity index is 2.20. The lowest BCUT2D eigenvalue weighted by atomic mass is 9.66. The predicted octanol–water partition coefficient (Wildman–Crippen LogP) is 2.16. The van der Waals surface area contributed by atoms with E-state index < -0.39 is 31.0 Å². The lowest BCUT2D eigenvalue weighted by molar-refractivity contribution is -0.169. The largest absolute Gasteiger partial charge is 0.458 e. The van der Waals surface area contributed by atoms with E-state index >= 15 is 0 Å². The van der Waals surface area contributed by atoms with E-state index in [0.717, 1.165) is 0 Å². The van der Waals surface area contributed by atoms with Gasteiger partial charge in [-0.2, -0.15) is 0 Å². The summed E-state index contributed by atoms with van der Waals surface area (Å²) in [6.07, 6.45) is 0.314. The number of carbonyl (C=O) groups is 1. The van der Waals surface area contributed by atoms with Gasteiger partial charge >= 0.3 is 5.97 Å². The molecule has 0 amide bonds. The zero-order valence-corrected chi connectivity index (χ0v) is 12.9. The lowest BCUT2D eigenvalue weighted by Crippen LogP contribution is -2.65. The summed E-state index contributed by atoms with van der Waals surface area (Å²) < 4.78 is 29.5. The first kappa shape index (κ1) is 13.1. The first-order valence-corrected chi connectivity index (χ1v) is 8.29. The van der Waals surface area contributed by atoms with Crippen molar-refractivity contribution in [3.63, 3.8) is 0 Å². The smallest absolute Gasteiger partial charge is 0.303 e. The number of halogens is 1. The van der Waals surface area contributed by atoms with Crippen LogP contribution in [0.25, 0.3) is 0 Å². The molecule has 1 fully saturated rings. The topological polar surface area (TPSA) is 60.4 Å². The second-order valence-electron chi connectivity index (χ2n) is 5.27. The Labute approximate surface area is 120 Å². The second kappa shape index (κ2) is 3.61. The van der Waals surface area contributed by atoms with Crippen molar-refractivity contribution < 1.29 is 17.9 Å². The van der Waals surface area contributed by atoms with Gasteiger partial charge in [0.15, 0.2) is 9.84 Å². The average molecular weight is 345 g/mol. The van der Waals surface area contributed by atoms with Gasteiger partial charge in [0.05, 0.1) is 10.1 Å². The van der Waals surface area contributed by atoms with E-state index in [2.05, 4.69) is 15.9 Å². The highest BCUT2D eigenvalue weighted by atomic mass is 79.9. The first-order chi connectivity index (χ1) is 8.73. The van der Waals surface area contributed by atoms with Gasteiger partial charge in [-0.15, -0.1) is 0 Å². The number of ether oxygens (including phenoxy) is 1. The molecule has 6 heteroatoms. The Hall–Kier alpha value is -0.880. The predicted molar refractivity (Wildman–Crippen MR) is 72.8 cm³/mol. The van der Waals surface area contributed by atoms with E-state index in [-0.39, 0.29) is 0 Å². The standard InChI is InChI=1S/C13H13BrO4S/c1-8(15)18-12(2)7-11-13(12,14)9-5-3-4-6-10(9)19(11,16)17/h3-6,11H,7H2,1-2H3/t11-,12-,13-/m1/s1. The van der Waals surface area contributed by atoms with E-state index in [1.165, 1.54) is 6.92 Å². The molecule has 0 spiro atoms. The average Bonchev–Trinajstić information content (AvgIpc) is 2.47. The van der Waals surface area contributed by atoms with Gasteiger partial charge in [0, 0.05) is 13.3 Å².